The lowest BCUT2D eigenvalue weighted by Crippen LogP contribution is -2.07. The fourth-order valence-corrected chi connectivity index (χ4v) is 3.00. The van der Waals surface area contributed by atoms with Gasteiger partial charge in [0.2, 0.25) is 0 Å². The first-order valence-electron chi connectivity index (χ1n) is 7.26. The van der Waals surface area contributed by atoms with Crippen molar-refractivity contribution in [2.24, 2.45) is 0 Å². The van der Waals surface area contributed by atoms with Crippen molar-refractivity contribution < 1.29 is 26.3 Å². The van der Waals surface area contributed by atoms with Crippen molar-refractivity contribution in [3.63, 3.8) is 0 Å². The molecule has 26 heavy (non-hydrogen) atoms. The van der Waals surface area contributed by atoms with Gasteiger partial charge in [-0.25, -0.2) is 9.97 Å². The zero-order valence-corrected chi connectivity index (χ0v) is 13.7. The van der Waals surface area contributed by atoms with E-state index in [1.54, 1.807) is 12.1 Å². The van der Waals surface area contributed by atoms with E-state index in [4.69, 9.17) is 0 Å². The fraction of sp³-hybridized carbons (Fsp3) is 0.176. The molecule has 0 aliphatic heterocycles. The van der Waals surface area contributed by atoms with E-state index in [-0.39, 0.29) is 5.52 Å². The topological polar surface area (TPSA) is 25.8 Å². The van der Waals surface area contributed by atoms with Crippen molar-refractivity contribution in [1.29, 1.82) is 0 Å². The number of hydrogen-bond acceptors (Lipinski definition) is 3. The summed E-state index contributed by atoms with van der Waals surface area (Å²) in [5, 5.41) is 0.972. The average molecular weight is 388 g/mol. The Kier molecular flexibility index (Phi) is 4.83. The summed E-state index contributed by atoms with van der Waals surface area (Å²) in [6.45, 7) is 0. The minimum absolute atomic E-state index is 0.223. The van der Waals surface area contributed by atoms with Crippen LogP contribution in [0.2, 0.25) is 0 Å². The summed E-state index contributed by atoms with van der Waals surface area (Å²) in [7, 11) is 0. The second-order valence-corrected chi connectivity index (χ2v) is 6.39. The molecule has 2 heterocycles. The zero-order valence-electron chi connectivity index (χ0n) is 12.9. The van der Waals surface area contributed by atoms with E-state index >= 15 is 0 Å². The predicted octanol–water partition coefficient (Wildman–Crippen LogP) is 5.96. The average Bonchev–Trinajstić information content (AvgIpc) is 2.58. The van der Waals surface area contributed by atoms with Crippen LogP contribution in [0.5, 0.6) is 0 Å². The van der Waals surface area contributed by atoms with Crippen LogP contribution in [0.1, 0.15) is 16.8 Å². The first-order valence-corrected chi connectivity index (χ1v) is 8.24. The van der Waals surface area contributed by atoms with Crippen LogP contribution in [-0.2, 0) is 18.1 Å². The highest BCUT2D eigenvalue weighted by Crippen LogP contribution is 2.31. The SMILES string of the molecule is FC(F)(F)c1ccc(SCc2ccc3nc(C(F)(F)F)ccc3c2)nc1. The van der Waals surface area contributed by atoms with Crippen molar-refractivity contribution in [2.75, 3.05) is 0 Å². The molecule has 0 atom stereocenters. The summed E-state index contributed by atoms with van der Waals surface area (Å²) in [5.41, 5.74) is -0.757. The smallest absolute Gasteiger partial charge is 0.249 e. The minimum atomic E-state index is -4.50. The number of hydrogen-bond donors (Lipinski definition) is 0. The summed E-state index contributed by atoms with van der Waals surface area (Å²) in [5.74, 6) is 0.412. The van der Waals surface area contributed by atoms with E-state index in [9.17, 15) is 26.3 Å². The van der Waals surface area contributed by atoms with Crippen molar-refractivity contribution >= 4 is 22.7 Å². The molecular formula is C17H10F6N2S. The quantitative estimate of drug-likeness (QED) is 0.409. The lowest BCUT2D eigenvalue weighted by molar-refractivity contribution is -0.141. The molecule has 136 valence electrons. The molecule has 0 N–H and O–H groups in total. The van der Waals surface area contributed by atoms with Gasteiger partial charge in [-0.05, 0) is 35.9 Å². The van der Waals surface area contributed by atoms with Crippen LogP contribution >= 0.6 is 11.8 Å². The van der Waals surface area contributed by atoms with Gasteiger partial charge >= 0.3 is 12.4 Å². The third kappa shape index (κ3) is 4.27. The van der Waals surface area contributed by atoms with Gasteiger partial charge in [-0.1, -0.05) is 12.1 Å². The van der Waals surface area contributed by atoms with E-state index in [1.165, 1.54) is 30.0 Å². The highest BCUT2D eigenvalue weighted by molar-refractivity contribution is 7.98. The molecule has 9 heteroatoms. The van der Waals surface area contributed by atoms with Crippen LogP contribution in [-0.4, -0.2) is 9.97 Å². The summed E-state index contributed by atoms with van der Waals surface area (Å²) >= 11 is 1.23. The highest BCUT2D eigenvalue weighted by Gasteiger charge is 2.32. The molecule has 2 nitrogen and oxygen atoms in total. The molecular weight excluding hydrogens is 378 g/mol. The number of pyridine rings is 2. The summed E-state index contributed by atoms with van der Waals surface area (Å²) in [4.78, 5) is 7.35. The third-order valence-corrected chi connectivity index (χ3v) is 4.51. The summed E-state index contributed by atoms with van der Waals surface area (Å²) in [6, 6.07) is 9.31. The Balaban J connectivity index is 1.73. The van der Waals surface area contributed by atoms with Crippen LogP contribution in [0.4, 0.5) is 26.3 Å². The minimum Gasteiger partial charge on any atom is -0.249 e. The van der Waals surface area contributed by atoms with Crippen molar-refractivity contribution in [3.05, 3.63) is 65.5 Å². The zero-order chi connectivity index (χ0) is 18.9. The molecule has 0 saturated carbocycles. The Hall–Kier alpha value is -2.29. The lowest BCUT2D eigenvalue weighted by Gasteiger charge is -2.08. The first kappa shape index (κ1) is 18.5. The second-order valence-electron chi connectivity index (χ2n) is 5.39. The fourth-order valence-electron chi connectivity index (χ4n) is 2.21. The number of alkyl halides is 6. The Morgan fingerprint density at radius 2 is 1.62 bits per heavy atom. The van der Waals surface area contributed by atoms with E-state index in [0.29, 0.717) is 16.2 Å². The Labute approximate surface area is 148 Å². The van der Waals surface area contributed by atoms with Gasteiger partial charge in [0.1, 0.15) is 5.69 Å². The summed E-state index contributed by atoms with van der Waals surface area (Å²) < 4.78 is 75.5. The van der Waals surface area contributed by atoms with Gasteiger partial charge < -0.3 is 0 Å². The van der Waals surface area contributed by atoms with Crippen LogP contribution in [0.15, 0.2) is 53.7 Å². The number of halogens is 6. The number of fused-ring (bicyclic) bond motifs is 1. The number of benzene rings is 1. The van der Waals surface area contributed by atoms with Gasteiger partial charge in [-0.2, -0.15) is 26.3 Å². The molecule has 0 amide bonds. The maximum absolute atomic E-state index is 12.7. The van der Waals surface area contributed by atoms with Gasteiger partial charge in [-0.15, -0.1) is 11.8 Å². The van der Waals surface area contributed by atoms with Crippen LogP contribution in [0, 0.1) is 0 Å². The maximum atomic E-state index is 12.7. The van der Waals surface area contributed by atoms with Gasteiger partial charge in [0.15, 0.2) is 0 Å². The molecule has 0 aliphatic carbocycles. The van der Waals surface area contributed by atoms with Gasteiger partial charge in [0.05, 0.1) is 16.1 Å². The van der Waals surface area contributed by atoms with Crippen LogP contribution in [0.3, 0.4) is 0 Å². The molecule has 0 aliphatic rings. The standard InChI is InChI=1S/C17H10F6N2S/c18-16(19,20)12-3-6-15(24-8-12)26-9-10-1-4-13-11(7-10)2-5-14(25-13)17(21,22)23/h1-8H,9H2. The molecule has 0 saturated heterocycles. The Morgan fingerprint density at radius 1 is 0.846 bits per heavy atom. The van der Waals surface area contributed by atoms with Crippen molar-refractivity contribution in [1.82, 2.24) is 9.97 Å². The van der Waals surface area contributed by atoms with Gasteiger partial charge in [0.25, 0.3) is 0 Å². The van der Waals surface area contributed by atoms with E-state index in [0.717, 1.165) is 23.9 Å². The van der Waals surface area contributed by atoms with Gasteiger partial charge in [-0.3, -0.25) is 0 Å². The predicted molar refractivity (Wildman–Crippen MR) is 85.5 cm³/mol. The molecule has 3 rings (SSSR count). The maximum Gasteiger partial charge on any atom is 0.433 e. The molecule has 0 radical (unpaired) electrons. The monoisotopic (exact) mass is 388 g/mol. The van der Waals surface area contributed by atoms with Gasteiger partial charge in [0, 0.05) is 17.3 Å². The number of thioether (sulfide) groups is 1. The lowest BCUT2D eigenvalue weighted by atomic mass is 10.1. The molecule has 0 unspecified atom stereocenters. The summed E-state index contributed by atoms with van der Waals surface area (Å²) in [6.07, 6.45) is -8.17. The van der Waals surface area contributed by atoms with Crippen molar-refractivity contribution in [3.8, 4) is 0 Å². The normalized spacial score (nSPS) is 12.5. The molecule has 0 bridgehead atoms. The van der Waals surface area contributed by atoms with E-state index < -0.39 is 23.6 Å². The second kappa shape index (κ2) is 6.79. The van der Waals surface area contributed by atoms with Crippen LogP contribution < -0.4 is 0 Å². The highest BCUT2D eigenvalue weighted by atomic mass is 32.2. The molecule has 1 aromatic carbocycles. The third-order valence-electron chi connectivity index (χ3n) is 3.49. The van der Waals surface area contributed by atoms with E-state index in [1.807, 2.05) is 0 Å². The molecule has 0 spiro atoms. The number of nitrogens with zero attached hydrogens (tertiary/aromatic N) is 2. The first-order chi connectivity index (χ1) is 12.1. The molecule has 2 aromatic heterocycles. The molecule has 0 fully saturated rings. The Bertz CT molecular complexity index is 919. The Morgan fingerprint density at radius 3 is 2.23 bits per heavy atom. The largest absolute Gasteiger partial charge is 0.433 e. The molecule has 3 aromatic rings. The van der Waals surface area contributed by atoms with E-state index in [2.05, 4.69) is 9.97 Å². The van der Waals surface area contributed by atoms with Crippen LogP contribution in [0.25, 0.3) is 10.9 Å². The number of rotatable bonds is 3. The van der Waals surface area contributed by atoms with Crippen molar-refractivity contribution in [2.45, 2.75) is 23.1 Å². The number of aromatic nitrogens is 2.